The van der Waals surface area contributed by atoms with E-state index in [-0.39, 0.29) is 0 Å². The average molecular weight is 499 g/mol. The number of hydrogen-bond acceptors (Lipinski definition) is 11. The largest absolute Gasteiger partial charge is 0.394 e. The van der Waals surface area contributed by atoms with Crippen molar-refractivity contribution in [3.05, 3.63) is 0 Å². The van der Waals surface area contributed by atoms with Crippen molar-refractivity contribution in [3.8, 4) is 0 Å². The number of ether oxygens (including phenoxy) is 3. The van der Waals surface area contributed by atoms with Crippen LogP contribution in [0.1, 0.15) is 58.3 Å². The van der Waals surface area contributed by atoms with Gasteiger partial charge in [0, 0.05) is 0 Å². The molecule has 0 aliphatic carbocycles. The van der Waals surface area contributed by atoms with Crippen LogP contribution in [0.25, 0.3) is 0 Å². The van der Waals surface area contributed by atoms with Crippen LogP contribution in [0.3, 0.4) is 0 Å². The summed E-state index contributed by atoms with van der Waals surface area (Å²) in [5.41, 5.74) is -0.753. The lowest BCUT2D eigenvalue weighted by Gasteiger charge is -2.46. The van der Waals surface area contributed by atoms with Crippen LogP contribution in [-0.2, 0) is 14.2 Å². The minimum atomic E-state index is -1.67. The van der Waals surface area contributed by atoms with Crippen molar-refractivity contribution in [1.82, 2.24) is 0 Å². The Hall–Kier alpha value is -0.0500. The molecule has 10 nitrogen and oxygen atoms in total. The number of unbranched alkanes of at least 4 members (excludes halogenated alkanes) is 7. The molecule has 7 N–H and O–H groups in total. The zero-order valence-corrected chi connectivity index (χ0v) is 20.1. The summed E-state index contributed by atoms with van der Waals surface area (Å²) in [5, 5.41) is 70.2. The summed E-state index contributed by atoms with van der Waals surface area (Å²) in [5.74, 6) is 0.736. The molecule has 2 aliphatic heterocycles. The molecule has 11 heteroatoms. The van der Waals surface area contributed by atoms with E-state index in [1.54, 1.807) is 0 Å². The molecule has 10 atom stereocenters. The highest BCUT2D eigenvalue weighted by molar-refractivity contribution is 7.99. The predicted octanol–water partition coefficient (Wildman–Crippen LogP) is -0.516. The maximum atomic E-state index is 10.6. The highest BCUT2D eigenvalue weighted by atomic mass is 32.2. The van der Waals surface area contributed by atoms with Gasteiger partial charge >= 0.3 is 0 Å². The highest BCUT2D eigenvalue weighted by Gasteiger charge is 2.50. The third-order valence-corrected chi connectivity index (χ3v) is 7.48. The Morgan fingerprint density at radius 3 is 1.88 bits per heavy atom. The van der Waals surface area contributed by atoms with Crippen molar-refractivity contribution in [1.29, 1.82) is 0 Å². The first-order valence-electron chi connectivity index (χ1n) is 12.1. The first kappa shape index (κ1) is 29.2. The molecule has 196 valence electrons. The number of aliphatic hydroxyl groups excluding tert-OH is 7. The molecule has 0 aromatic heterocycles. The summed E-state index contributed by atoms with van der Waals surface area (Å²) in [4.78, 5) is 0. The lowest BCUT2D eigenvalue weighted by molar-refractivity contribution is -0.338. The summed E-state index contributed by atoms with van der Waals surface area (Å²) < 4.78 is 16.6. The maximum Gasteiger partial charge on any atom is 0.187 e. The lowest BCUT2D eigenvalue weighted by atomic mass is 9.97. The van der Waals surface area contributed by atoms with E-state index in [1.807, 2.05) is 0 Å². The summed E-state index contributed by atoms with van der Waals surface area (Å²) in [6, 6.07) is 0. The molecule has 33 heavy (non-hydrogen) atoms. The lowest BCUT2D eigenvalue weighted by Crippen LogP contribution is -2.64. The molecule has 2 rings (SSSR count). The molecule has 0 amide bonds. The van der Waals surface area contributed by atoms with E-state index in [9.17, 15) is 35.7 Å². The zero-order valence-electron chi connectivity index (χ0n) is 19.3. The molecule has 2 fully saturated rings. The van der Waals surface area contributed by atoms with Crippen molar-refractivity contribution in [2.45, 2.75) is 119 Å². The summed E-state index contributed by atoms with van der Waals surface area (Å²) in [6.07, 6.45) is -3.10. The minimum Gasteiger partial charge on any atom is -0.394 e. The molecule has 0 bridgehead atoms. The second-order valence-corrected chi connectivity index (χ2v) is 10.1. The molecular formula is C22H42O10S. The van der Waals surface area contributed by atoms with E-state index in [0.29, 0.717) is 0 Å². The summed E-state index contributed by atoms with van der Waals surface area (Å²) in [6.45, 7) is 1.06. The van der Waals surface area contributed by atoms with Crippen LogP contribution in [0.5, 0.6) is 0 Å². The monoisotopic (exact) mass is 498 g/mol. The fraction of sp³-hybridized carbons (Fsp3) is 1.00. The van der Waals surface area contributed by atoms with Crippen molar-refractivity contribution in [3.63, 3.8) is 0 Å². The van der Waals surface area contributed by atoms with Crippen LogP contribution in [-0.4, -0.2) is 115 Å². The molecular weight excluding hydrogens is 456 g/mol. The highest BCUT2D eigenvalue weighted by Crippen LogP contribution is 2.33. The zero-order chi connectivity index (χ0) is 24.4. The molecule has 4 unspecified atom stereocenters. The Balaban J connectivity index is 1.82. The first-order chi connectivity index (χ1) is 15.8. The van der Waals surface area contributed by atoms with Crippen LogP contribution >= 0.6 is 11.8 Å². The number of hydrogen-bond donors (Lipinski definition) is 7. The smallest absolute Gasteiger partial charge is 0.187 e. The molecule has 0 aromatic rings. The van der Waals surface area contributed by atoms with Gasteiger partial charge in [-0.05, 0) is 12.2 Å². The van der Waals surface area contributed by atoms with Crippen LogP contribution in [0.15, 0.2) is 0 Å². The first-order valence-corrected chi connectivity index (χ1v) is 13.1. The van der Waals surface area contributed by atoms with Gasteiger partial charge in [0.1, 0.15) is 54.3 Å². The van der Waals surface area contributed by atoms with E-state index < -0.39 is 73.8 Å². The van der Waals surface area contributed by atoms with Crippen LogP contribution in [0.2, 0.25) is 0 Å². The van der Waals surface area contributed by atoms with Gasteiger partial charge < -0.3 is 50.0 Å². The van der Waals surface area contributed by atoms with E-state index in [0.717, 1.165) is 25.0 Å². The van der Waals surface area contributed by atoms with Gasteiger partial charge in [0.25, 0.3) is 0 Å². The third-order valence-electron chi connectivity index (χ3n) is 6.24. The normalized spacial score (nSPS) is 39.6. The molecule has 2 aliphatic rings. The van der Waals surface area contributed by atoms with Crippen LogP contribution < -0.4 is 0 Å². The van der Waals surface area contributed by atoms with Crippen molar-refractivity contribution in [2.24, 2.45) is 0 Å². The van der Waals surface area contributed by atoms with Gasteiger partial charge in [-0.3, -0.25) is 0 Å². The minimum absolute atomic E-state index is 0.513. The fourth-order valence-electron chi connectivity index (χ4n) is 4.13. The fourth-order valence-corrected chi connectivity index (χ4v) is 5.31. The average Bonchev–Trinajstić information content (AvgIpc) is 2.82. The quantitative estimate of drug-likeness (QED) is 0.154. The second-order valence-electron chi connectivity index (χ2n) is 8.85. The number of thioether (sulfide) groups is 1. The standard InChI is InChI=1S/C22H42O10S/c1-2-3-4-5-6-7-8-9-10-33-22-19(29)17(27)20(14(12-24)31-22)32-21-18(28)16(26)15(25)13(11-23)30-21/h13-29H,2-12H2,1H3/t13?,14?,15-,16+,17-,18?,19?,20-,21-,22+/m1/s1. The SMILES string of the molecule is CCCCCCCCCCS[C@@H]1OC(CO)[C@@H](O[C@H]2OC(CO)[C@@H](O)[C@H](O)C2O)[C@H](O)C1O. The van der Waals surface area contributed by atoms with Crippen molar-refractivity contribution in [2.75, 3.05) is 19.0 Å². The number of rotatable bonds is 14. The van der Waals surface area contributed by atoms with Crippen molar-refractivity contribution >= 4 is 11.8 Å². The Bertz CT molecular complexity index is 525. The molecule has 0 aromatic carbocycles. The van der Waals surface area contributed by atoms with Gasteiger partial charge in [0.2, 0.25) is 0 Å². The van der Waals surface area contributed by atoms with E-state index in [4.69, 9.17) is 14.2 Å². The second kappa shape index (κ2) is 15.1. The van der Waals surface area contributed by atoms with Crippen LogP contribution in [0.4, 0.5) is 0 Å². The molecule has 0 radical (unpaired) electrons. The Morgan fingerprint density at radius 1 is 0.667 bits per heavy atom. The number of aliphatic hydroxyl groups is 7. The predicted molar refractivity (Wildman–Crippen MR) is 121 cm³/mol. The summed E-state index contributed by atoms with van der Waals surface area (Å²) in [7, 11) is 0. The Kier molecular flexibility index (Phi) is 13.4. The van der Waals surface area contributed by atoms with Gasteiger partial charge in [0.05, 0.1) is 13.2 Å². The molecule has 0 saturated carbocycles. The Morgan fingerprint density at radius 2 is 1.27 bits per heavy atom. The van der Waals surface area contributed by atoms with Crippen molar-refractivity contribution < 1.29 is 50.0 Å². The van der Waals surface area contributed by atoms with E-state index >= 15 is 0 Å². The van der Waals surface area contributed by atoms with Gasteiger partial charge in [0.15, 0.2) is 6.29 Å². The van der Waals surface area contributed by atoms with E-state index in [2.05, 4.69) is 6.92 Å². The summed E-state index contributed by atoms with van der Waals surface area (Å²) >= 11 is 1.37. The topological polar surface area (TPSA) is 169 Å². The van der Waals surface area contributed by atoms with Gasteiger partial charge in [-0.2, -0.15) is 0 Å². The van der Waals surface area contributed by atoms with Gasteiger partial charge in [-0.15, -0.1) is 11.8 Å². The maximum absolute atomic E-state index is 10.6. The van der Waals surface area contributed by atoms with E-state index in [1.165, 1.54) is 43.9 Å². The molecule has 2 saturated heterocycles. The Labute approximate surface area is 199 Å². The molecule has 2 heterocycles. The van der Waals surface area contributed by atoms with Gasteiger partial charge in [-0.25, -0.2) is 0 Å². The van der Waals surface area contributed by atoms with Crippen LogP contribution in [0, 0.1) is 0 Å². The van der Waals surface area contributed by atoms with Gasteiger partial charge in [-0.1, -0.05) is 51.9 Å². The molecule has 0 spiro atoms. The third kappa shape index (κ3) is 8.25.